The molecule has 2 N–H and O–H groups in total. The molecule has 2 unspecified atom stereocenters. The number of esters is 1. The first-order chi connectivity index (χ1) is 11.5. The monoisotopic (exact) mass is 467 g/mol. The summed E-state index contributed by atoms with van der Waals surface area (Å²) < 4.78 is 5.17. The molecule has 0 radical (unpaired) electrons. The van der Waals surface area contributed by atoms with E-state index >= 15 is 0 Å². The van der Waals surface area contributed by atoms with Gasteiger partial charge in [-0.1, -0.05) is 19.8 Å². The summed E-state index contributed by atoms with van der Waals surface area (Å²) in [6.07, 6.45) is 5.77. The van der Waals surface area contributed by atoms with Crippen LogP contribution in [0, 0.1) is 11.3 Å². The lowest BCUT2D eigenvalue weighted by Gasteiger charge is -2.40. The Morgan fingerprint density at radius 2 is 2.12 bits per heavy atom. The summed E-state index contributed by atoms with van der Waals surface area (Å²) in [6, 6.07) is 0. The highest BCUT2D eigenvalue weighted by Gasteiger charge is 2.36. The Morgan fingerprint density at radius 1 is 1.36 bits per heavy atom. The second-order valence-electron chi connectivity index (χ2n) is 7.35. The number of hydrogen-bond donors (Lipinski definition) is 2. The van der Waals surface area contributed by atoms with Crippen molar-refractivity contribution in [3.8, 4) is 0 Å². The molecule has 25 heavy (non-hydrogen) atoms. The number of aliphatic hydroxyl groups is 1. The summed E-state index contributed by atoms with van der Waals surface area (Å²) >= 11 is 0. The zero-order valence-corrected chi connectivity index (χ0v) is 18.1. The second kappa shape index (κ2) is 10.5. The first-order valence-electron chi connectivity index (χ1n) is 9.30. The Kier molecular flexibility index (Phi) is 9.48. The van der Waals surface area contributed by atoms with Crippen LogP contribution in [0.2, 0.25) is 0 Å². The molecule has 6 nitrogen and oxygen atoms in total. The molecule has 0 spiro atoms. The van der Waals surface area contributed by atoms with Crippen LogP contribution in [-0.2, 0) is 9.53 Å². The van der Waals surface area contributed by atoms with Crippen LogP contribution in [0.5, 0.6) is 0 Å². The van der Waals surface area contributed by atoms with Crippen molar-refractivity contribution in [2.45, 2.75) is 58.5 Å². The number of nitrogens with zero attached hydrogens (tertiary/aromatic N) is 2. The minimum atomic E-state index is -0.259. The summed E-state index contributed by atoms with van der Waals surface area (Å²) in [5.41, 5.74) is -0.107. The molecule has 1 heterocycles. The number of guanidine groups is 1. The van der Waals surface area contributed by atoms with Gasteiger partial charge in [-0.05, 0) is 32.6 Å². The molecular formula is C18H34IN3O3. The van der Waals surface area contributed by atoms with Crippen molar-refractivity contribution in [3.63, 3.8) is 0 Å². The molecule has 0 aromatic heterocycles. The Hall–Kier alpha value is -0.570. The van der Waals surface area contributed by atoms with E-state index in [0.717, 1.165) is 44.6 Å². The van der Waals surface area contributed by atoms with E-state index in [4.69, 9.17) is 4.74 Å². The molecule has 2 rings (SSSR count). The van der Waals surface area contributed by atoms with Gasteiger partial charge in [-0.15, -0.1) is 24.0 Å². The molecule has 146 valence electrons. The van der Waals surface area contributed by atoms with Gasteiger partial charge in [0.15, 0.2) is 5.96 Å². The normalized spacial score (nSPS) is 30.4. The third-order valence-electron chi connectivity index (χ3n) is 5.48. The second-order valence-corrected chi connectivity index (χ2v) is 7.35. The highest BCUT2D eigenvalue weighted by atomic mass is 127. The van der Waals surface area contributed by atoms with Gasteiger partial charge < -0.3 is 20.1 Å². The predicted molar refractivity (Wildman–Crippen MR) is 110 cm³/mol. The fourth-order valence-corrected chi connectivity index (χ4v) is 3.82. The van der Waals surface area contributed by atoms with Gasteiger partial charge in [0.2, 0.25) is 0 Å². The Labute approximate surface area is 168 Å². The lowest BCUT2D eigenvalue weighted by atomic mass is 9.73. The lowest BCUT2D eigenvalue weighted by molar-refractivity contribution is -0.149. The molecule has 2 aliphatic rings. The predicted octanol–water partition coefficient (Wildman–Crippen LogP) is 2.40. The molecule has 1 aliphatic carbocycles. The van der Waals surface area contributed by atoms with Crippen LogP contribution >= 0.6 is 24.0 Å². The Morgan fingerprint density at radius 3 is 2.76 bits per heavy atom. The highest BCUT2D eigenvalue weighted by Crippen LogP contribution is 2.35. The van der Waals surface area contributed by atoms with E-state index in [2.05, 4.69) is 22.1 Å². The van der Waals surface area contributed by atoms with E-state index in [9.17, 15) is 9.90 Å². The van der Waals surface area contributed by atoms with Gasteiger partial charge in [0.05, 0.1) is 18.6 Å². The van der Waals surface area contributed by atoms with Gasteiger partial charge in [0.25, 0.3) is 0 Å². The standard InChI is InChI=1S/C18H33N3O3.HI/c1-4-24-16(23)14-8-7-11-21(12-14)17(19-3)20-13-18(2)10-6-5-9-15(18)22;/h14-15,22H,4-13H2,1-3H3,(H,19,20);1H/t14-,15?,18?;/m1./s1. The molecule has 2 fully saturated rings. The van der Waals surface area contributed by atoms with E-state index in [0.29, 0.717) is 19.7 Å². The van der Waals surface area contributed by atoms with Crippen LogP contribution in [0.15, 0.2) is 4.99 Å². The van der Waals surface area contributed by atoms with Crippen molar-refractivity contribution >= 4 is 35.9 Å². The van der Waals surface area contributed by atoms with Gasteiger partial charge in [0, 0.05) is 32.1 Å². The summed E-state index contributed by atoms with van der Waals surface area (Å²) in [5.74, 6) is 0.642. The number of halogens is 1. The molecule has 0 amide bonds. The minimum absolute atomic E-state index is 0. The van der Waals surface area contributed by atoms with Gasteiger partial charge in [0.1, 0.15) is 0 Å². The molecule has 3 atom stereocenters. The highest BCUT2D eigenvalue weighted by molar-refractivity contribution is 14.0. The zero-order valence-electron chi connectivity index (χ0n) is 15.8. The maximum atomic E-state index is 12.0. The number of aliphatic hydroxyl groups excluding tert-OH is 1. The topological polar surface area (TPSA) is 74.2 Å². The van der Waals surface area contributed by atoms with Gasteiger partial charge in [-0.3, -0.25) is 9.79 Å². The molecule has 1 aliphatic heterocycles. The van der Waals surface area contributed by atoms with E-state index in [1.54, 1.807) is 7.05 Å². The number of nitrogens with one attached hydrogen (secondary N) is 1. The molecule has 0 bridgehead atoms. The number of likely N-dealkylation sites (tertiary alicyclic amines) is 1. The molecule has 7 heteroatoms. The average Bonchev–Trinajstić information content (AvgIpc) is 2.59. The third-order valence-corrected chi connectivity index (χ3v) is 5.48. The Bertz CT molecular complexity index is 461. The van der Waals surface area contributed by atoms with Crippen molar-refractivity contribution in [2.75, 3.05) is 33.3 Å². The summed E-state index contributed by atoms with van der Waals surface area (Å²) in [5, 5.41) is 13.8. The van der Waals surface area contributed by atoms with Gasteiger partial charge >= 0.3 is 5.97 Å². The maximum absolute atomic E-state index is 12.0. The summed E-state index contributed by atoms with van der Waals surface area (Å²) in [7, 11) is 1.77. The van der Waals surface area contributed by atoms with Crippen molar-refractivity contribution < 1.29 is 14.6 Å². The smallest absolute Gasteiger partial charge is 0.310 e. The third kappa shape index (κ3) is 5.98. The van der Waals surface area contributed by atoms with Gasteiger partial charge in [-0.25, -0.2) is 0 Å². The van der Waals surface area contributed by atoms with E-state index in [1.165, 1.54) is 6.42 Å². The summed E-state index contributed by atoms with van der Waals surface area (Å²) in [6.45, 7) is 6.68. The van der Waals surface area contributed by atoms with Crippen molar-refractivity contribution in [3.05, 3.63) is 0 Å². The average molecular weight is 467 g/mol. The van der Waals surface area contributed by atoms with E-state index in [1.807, 2.05) is 6.92 Å². The quantitative estimate of drug-likeness (QED) is 0.288. The summed E-state index contributed by atoms with van der Waals surface area (Å²) in [4.78, 5) is 18.5. The minimum Gasteiger partial charge on any atom is -0.466 e. The fraction of sp³-hybridized carbons (Fsp3) is 0.889. The number of aliphatic imine (C=N–C) groups is 1. The van der Waals surface area contributed by atoms with Crippen LogP contribution in [0.3, 0.4) is 0 Å². The molecule has 1 saturated heterocycles. The van der Waals surface area contributed by atoms with Crippen LogP contribution in [0.1, 0.15) is 52.4 Å². The maximum Gasteiger partial charge on any atom is 0.310 e. The van der Waals surface area contributed by atoms with Crippen molar-refractivity contribution in [1.29, 1.82) is 0 Å². The number of ether oxygens (including phenoxy) is 1. The fourth-order valence-electron chi connectivity index (χ4n) is 3.82. The molecule has 1 saturated carbocycles. The first kappa shape index (κ1) is 22.5. The molecule has 0 aromatic rings. The number of rotatable bonds is 4. The van der Waals surface area contributed by atoms with Crippen LogP contribution in [-0.4, -0.2) is 61.3 Å². The number of piperidine rings is 1. The van der Waals surface area contributed by atoms with E-state index in [-0.39, 0.29) is 47.4 Å². The van der Waals surface area contributed by atoms with Crippen LogP contribution < -0.4 is 5.32 Å². The van der Waals surface area contributed by atoms with Crippen molar-refractivity contribution in [1.82, 2.24) is 10.2 Å². The van der Waals surface area contributed by atoms with Gasteiger partial charge in [-0.2, -0.15) is 0 Å². The first-order valence-corrected chi connectivity index (χ1v) is 9.30. The lowest BCUT2D eigenvalue weighted by Crippen LogP contribution is -2.52. The number of carbonyl (C=O) groups is 1. The Balaban J connectivity index is 0.00000312. The molecule has 0 aromatic carbocycles. The largest absolute Gasteiger partial charge is 0.466 e. The zero-order chi connectivity index (χ0) is 17.6. The number of carbonyl (C=O) groups excluding carboxylic acids is 1. The van der Waals surface area contributed by atoms with E-state index < -0.39 is 0 Å². The van der Waals surface area contributed by atoms with Crippen LogP contribution in [0.4, 0.5) is 0 Å². The van der Waals surface area contributed by atoms with Crippen molar-refractivity contribution in [2.24, 2.45) is 16.3 Å². The number of hydrogen-bond acceptors (Lipinski definition) is 4. The SMILES string of the molecule is CCOC(=O)[C@@H]1CCCN(C(=NC)NCC2(C)CCCCC2O)C1.I. The molecular weight excluding hydrogens is 433 g/mol. The van der Waals surface area contributed by atoms with Crippen LogP contribution in [0.25, 0.3) is 0 Å².